The van der Waals surface area contributed by atoms with Crippen molar-refractivity contribution in [2.75, 3.05) is 0 Å². The van der Waals surface area contributed by atoms with Gasteiger partial charge in [0.15, 0.2) is 0 Å². The van der Waals surface area contributed by atoms with Crippen molar-refractivity contribution < 1.29 is 14.6 Å². The zero-order chi connectivity index (χ0) is 7.07. The van der Waals surface area contributed by atoms with E-state index in [1.807, 2.05) is 0 Å². The van der Waals surface area contributed by atoms with Crippen LogP contribution in [0.5, 0.6) is 0 Å². The molecule has 1 aliphatic heterocycles. The van der Waals surface area contributed by atoms with Gasteiger partial charge in [-0.2, -0.15) is 0 Å². The van der Waals surface area contributed by atoms with Gasteiger partial charge in [0.05, 0.1) is 6.42 Å². The lowest BCUT2D eigenvalue weighted by Gasteiger charge is -2.19. The van der Waals surface area contributed by atoms with Crippen molar-refractivity contribution in [3.63, 3.8) is 0 Å². The molecule has 1 rings (SSSR count). The zero-order valence-corrected chi connectivity index (χ0v) is 5.55. The molecule has 0 aromatic rings. The van der Waals surface area contributed by atoms with E-state index in [1.165, 1.54) is 0 Å². The summed E-state index contributed by atoms with van der Waals surface area (Å²) in [4.78, 5) is 10.5. The lowest BCUT2D eigenvalue weighted by atomic mass is 10.0. The van der Waals surface area contributed by atoms with Gasteiger partial charge in [0.25, 0.3) is 0 Å². The van der Waals surface area contributed by atoms with Crippen molar-refractivity contribution in [3.8, 4) is 0 Å². The van der Waals surface area contributed by atoms with Gasteiger partial charge in [-0.3, -0.25) is 4.79 Å². The van der Waals surface area contributed by atoms with E-state index in [9.17, 15) is 4.79 Å². The quantitative estimate of drug-likeness (QED) is 0.472. The molecule has 0 aromatic heterocycles. The predicted molar refractivity (Wildman–Crippen MR) is 30.8 cm³/mol. The minimum absolute atomic E-state index is 0.132. The lowest BCUT2D eigenvalue weighted by Crippen LogP contribution is -2.31. The second-order valence-electron chi connectivity index (χ2n) is 2.80. The minimum atomic E-state index is -0.670. The van der Waals surface area contributed by atoms with Gasteiger partial charge < -0.3 is 9.84 Å². The summed E-state index contributed by atoms with van der Waals surface area (Å²) in [5, 5.41) is 9.08. The number of cyclic esters (lactones) is 1. The van der Waals surface area contributed by atoms with E-state index in [0.29, 0.717) is 0 Å². The van der Waals surface area contributed by atoms with E-state index in [1.54, 1.807) is 13.8 Å². The third-order valence-corrected chi connectivity index (χ3v) is 1.54. The Morgan fingerprint density at radius 1 is 1.78 bits per heavy atom. The summed E-state index contributed by atoms with van der Waals surface area (Å²) in [6.45, 7) is 3.39. The Balaban J connectivity index is 2.69. The fourth-order valence-corrected chi connectivity index (χ4v) is 0.807. The van der Waals surface area contributed by atoms with Crippen LogP contribution in [0.2, 0.25) is 0 Å². The Bertz CT molecular complexity index is 139. The van der Waals surface area contributed by atoms with Crippen molar-refractivity contribution >= 4 is 5.97 Å². The maximum absolute atomic E-state index is 10.5. The van der Waals surface area contributed by atoms with Crippen LogP contribution in [0.3, 0.4) is 0 Å². The second kappa shape index (κ2) is 1.70. The standard InChI is InChI=1S/C6H10O3/c1-6(2)4(7)3-5(8)9-6/h4,7H,3H2,1-2H3. The lowest BCUT2D eigenvalue weighted by molar-refractivity contribution is -0.147. The van der Waals surface area contributed by atoms with Crippen molar-refractivity contribution in [2.45, 2.75) is 32.0 Å². The van der Waals surface area contributed by atoms with Gasteiger partial charge in [0.1, 0.15) is 11.7 Å². The molecule has 0 aromatic carbocycles. The third kappa shape index (κ3) is 1.05. The highest BCUT2D eigenvalue weighted by atomic mass is 16.6. The molecule has 1 fully saturated rings. The van der Waals surface area contributed by atoms with Gasteiger partial charge in [0.2, 0.25) is 0 Å². The van der Waals surface area contributed by atoms with Crippen LogP contribution in [0, 0.1) is 0 Å². The fraction of sp³-hybridized carbons (Fsp3) is 0.833. The van der Waals surface area contributed by atoms with E-state index in [0.717, 1.165) is 0 Å². The summed E-state index contributed by atoms with van der Waals surface area (Å²) in [5.41, 5.74) is -0.670. The number of aliphatic hydroxyl groups excluding tert-OH is 1. The van der Waals surface area contributed by atoms with Crippen LogP contribution in [-0.2, 0) is 9.53 Å². The first-order valence-corrected chi connectivity index (χ1v) is 2.92. The van der Waals surface area contributed by atoms with E-state index in [2.05, 4.69) is 0 Å². The normalized spacial score (nSPS) is 32.3. The summed E-state index contributed by atoms with van der Waals surface area (Å²) in [6, 6.07) is 0. The molecule has 3 heteroatoms. The molecule has 0 spiro atoms. The van der Waals surface area contributed by atoms with Gasteiger partial charge in [-0.15, -0.1) is 0 Å². The van der Waals surface area contributed by atoms with Gasteiger partial charge >= 0.3 is 5.97 Å². The molecule has 1 saturated heterocycles. The first-order chi connectivity index (χ1) is 4.02. The molecule has 3 nitrogen and oxygen atoms in total. The number of rotatable bonds is 0. The summed E-state index contributed by atoms with van der Waals surface area (Å²) in [7, 11) is 0. The van der Waals surface area contributed by atoms with Crippen molar-refractivity contribution in [1.29, 1.82) is 0 Å². The molecular formula is C6H10O3. The largest absolute Gasteiger partial charge is 0.457 e. The van der Waals surface area contributed by atoms with E-state index >= 15 is 0 Å². The topological polar surface area (TPSA) is 46.5 Å². The maximum Gasteiger partial charge on any atom is 0.309 e. The van der Waals surface area contributed by atoms with Crippen LogP contribution < -0.4 is 0 Å². The van der Waals surface area contributed by atoms with E-state index in [4.69, 9.17) is 9.84 Å². The molecule has 0 saturated carbocycles. The van der Waals surface area contributed by atoms with Crippen LogP contribution in [0.4, 0.5) is 0 Å². The number of carbonyl (C=O) groups is 1. The molecule has 0 aliphatic carbocycles. The molecule has 1 N–H and O–H groups in total. The molecule has 1 heterocycles. The first kappa shape index (κ1) is 6.55. The Labute approximate surface area is 53.6 Å². The van der Waals surface area contributed by atoms with E-state index < -0.39 is 11.7 Å². The molecule has 1 atom stereocenters. The van der Waals surface area contributed by atoms with Crippen LogP contribution >= 0.6 is 0 Å². The molecular weight excluding hydrogens is 120 g/mol. The highest BCUT2D eigenvalue weighted by molar-refractivity contribution is 5.73. The number of aliphatic hydroxyl groups is 1. The maximum atomic E-state index is 10.5. The number of esters is 1. The van der Waals surface area contributed by atoms with Crippen LogP contribution in [-0.4, -0.2) is 22.8 Å². The van der Waals surface area contributed by atoms with Crippen LogP contribution in [0.1, 0.15) is 20.3 Å². The number of hydrogen-bond donors (Lipinski definition) is 1. The smallest absolute Gasteiger partial charge is 0.309 e. The molecule has 1 unspecified atom stereocenters. The van der Waals surface area contributed by atoms with Crippen molar-refractivity contribution in [2.24, 2.45) is 0 Å². The Hall–Kier alpha value is -0.570. The summed E-state index contributed by atoms with van der Waals surface area (Å²) in [5.74, 6) is -0.312. The molecule has 9 heavy (non-hydrogen) atoms. The number of ether oxygens (including phenoxy) is 1. The number of hydrogen-bond acceptors (Lipinski definition) is 3. The van der Waals surface area contributed by atoms with E-state index in [-0.39, 0.29) is 12.4 Å². The Morgan fingerprint density at radius 3 is 2.44 bits per heavy atom. The monoisotopic (exact) mass is 130 g/mol. The average Bonchev–Trinajstić information content (AvgIpc) is 1.79. The van der Waals surface area contributed by atoms with Crippen LogP contribution in [0.15, 0.2) is 0 Å². The van der Waals surface area contributed by atoms with Gasteiger partial charge in [-0.25, -0.2) is 0 Å². The second-order valence-corrected chi connectivity index (χ2v) is 2.80. The van der Waals surface area contributed by atoms with Crippen molar-refractivity contribution in [3.05, 3.63) is 0 Å². The minimum Gasteiger partial charge on any atom is -0.457 e. The van der Waals surface area contributed by atoms with Crippen molar-refractivity contribution in [1.82, 2.24) is 0 Å². The molecule has 1 aliphatic rings. The Morgan fingerprint density at radius 2 is 2.33 bits per heavy atom. The third-order valence-electron chi connectivity index (χ3n) is 1.54. The molecule has 0 bridgehead atoms. The molecule has 0 amide bonds. The number of carbonyl (C=O) groups excluding carboxylic acids is 1. The summed E-state index contributed by atoms with van der Waals surface area (Å²) < 4.78 is 4.77. The highest BCUT2D eigenvalue weighted by Gasteiger charge is 2.40. The predicted octanol–water partition coefficient (Wildman–Crippen LogP) is 0.0728. The van der Waals surface area contributed by atoms with Gasteiger partial charge in [0, 0.05) is 0 Å². The van der Waals surface area contributed by atoms with Crippen LogP contribution in [0.25, 0.3) is 0 Å². The Kier molecular flexibility index (Phi) is 1.24. The SMILES string of the molecule is CC1(C)OC(=O)CC1O. The highest BCUT2D eigenvalue weighted by Crippen LogP contribution is 2.25. The summed E-state index contributed by atoms with van der Waals surface area (Å²) in [6.07, 6.45) is -0.502. The first-order valence-electron chi connectivity index (χ1n) is 2.92. The summed E-state index contributed by atoms with van der Waals surface area (Å²) >= 11 is 0. The molecule has 52 valence electrons. The molecule has 0 radical (unpaired) electrons. The van der Waals surface area contributed by atoms with Gasteiger partial charge in [-0.05, 0) is 13.8 Å². The van der Waals surface area contributed by atoms with Gasteiger partial charge in [-0.1, -0.05) is 0 Å². The fourth-order valence-electron chi connectivity index (χ4n) is 0.807. The zero-order valence-electron chi connectivity index (χ0n) is 5.55. The average molecular weight is 130 g/mol.